The molecule has 2 aromatic rings. The molecule has 0 aliphatic heterocycles. The fourth-order valence-corrected chi connectivity index (χ4v) is 2.08. The minimum absolute atomic E-state index is 0.469. The fraction of sp³-hybridized carbons (Fsp3) is 0.400. The molecular weight excluding hydrogens is 238 g/mol. The summed E-state index contributed by atoms with van der Waals surface area (Å²) in [6.07, 6.45) is 4.21. The molecule has 19 heavy (non-hydrogen) atoms. The van der Waals surface area contributed by atoms with Gasteiger partial charge in [0.25, 0.3) is 0 Å². The van der Waals surface area contributed by atoms with E-state index in [1.54, 1.807) is 0 Å². The third-order valence-electron chi connectivity index (χ3n) is 3.22. The number of nitrogen functional groups attached to an aromatic ring is 1. The number of aromatic nitrogens is 2. The molecule has 0 bridgehead atoms. The highest BCUT2D eigenvalue weighted by Gasteiger charge is 2.08. The van der Waals surface area contributed by atoms with Crippen LogP contribution in [-0.4, -0.2) is 9.78 Å². The summed E-state index contributed by atoms with van der Waals surface area (Å²) in [5.74, 6) is 0.775. The first-order valence-corrected chi connectivity index (χ1v) is 6.75. The van der Waals surface area contributed by atoms with Gasteiger partial charge in [-0.15, -0.1) is 0 Å². The van der Waals surface area contributed by atoms with Gasteiger partial charge in [-0.05, 0) is 31.0 Å². The standard InChI is InChI=1S/C15H21N3O/c1-3-14(4-2)18-9-8-13(17-18)11-19-15-7-5-6-12(16)10-15/h5-10,14H,3-4,11,16H2,1-2H3. The molecule has 1 heterocycles. The van der Waals surface area contributed by atoms with Gasteiger partial charge in [0.2, 0.25) is 0 Å². The summed E-state index contributed by atoms with van der Waals surface area (Å²) in [6.45, 7) is 4.83. The van der Waals surface area contributed by atoms with Crippen molar-refractivity contribution in [1.29, 1.82) is 0 Å². The van der Waals surface area contributed by atoms with Gasteiger partial charge in [0.05, 0.1) is 11.7 Å². The molecule has 0 saturated carbocycles. The second-order valence-corrected chi connectivity index (χ2v) is 4.62. The van der Waals surface area contributed by atoms with Gasteiger partial charge in [-0.3, -0.25) is 4.68 Å². The third kappa shape index (κ3) is 3.50. The molecule has 0 unspecified atom stereocenters. The lowest BCUT2D eigenvalue weighted by Crippen LogP contribution is -2.08. The van der Waals surface area contributed by atoms with Gasteiger partial charge in [0, 0.05) is 18.0 Å². The predicted octanol–water partition coefficient (Wildman–Crippen LogP) is 3.41. The minimum atomic E-state index is 0.469. The van der Waals surface area contributed by atoms with Crippen LogP contribution in [0.25, 0.3) is 0 Å². The second-order valence-electron chi connectivity index (χ2n) is 4.62. The predicted molar refractivity (Wildman–Crippen MR) is 77.0 cm³/mol. The van der Waals surface area contributed by atoms with Gasteiger partial charge < -0.3 is 10.5 Å². The number of nitrogens with zero attached hydrogens (tertiary/aromatic N) is 2. The number of benzene rings is 1. The summed E-state index contributed by atoms with van der Waals surface area (Å²) in [5.41, 5.74) is 7.36. The van der Waals surface area contributed by atoms with Crippen LogP contribution >= 0.6 is 0 Å². The first-order valence-electron chi connectivity index (χ1n) is 6.75. The van der Waals surface area contributed by atoms with Crippen LogP contribution in [0.15, 0.2) is 36.5 Å². The summed E-state index contributed by atoms with van der Waals surface area (Å²) < 4.78 is 7.70. The van der Waals surface area contributed by atoms with Crippen molar-refractivity contribution in [3.05, 3.63) is 42.2 Å². The van der Waals surface area contributed by atoms with Gasteiger partial charge in [-0.2, -0.15) is 5.10 Å². The zero-order valence-electron chi connectivity index (χ0n) is 11.5. The summed E-state index contributed by atoms with van der Waals surface area (Å²) in [7, 11) is 0. The number of anilines is 1. The van der Waals surface area contributed by atoms with Crippen molar-refractivity contribution in [2.45, 2.75) is 39.3 Å². The normalized spacial score (nSPS) is 10.9. The Hall–Kier alpha value is -1.97. The Morgan fingerprint density at radius 1 is 1.26 bits per heavy atom. The topological polar surface area (TPSA) is 53.1 Å². The number of rotatable bonds is 6. The molecule has 0 aliphatic carbocycles. The Kier molecular flexibility index (Phi) is 4.44. The van der Waals surface area contributed by atoms with Crippen molar-refractivity contribution < 1.29 is 4.74 Å². The van der Waals surface area contributed by atoms with Crippen molar-refractivity contribution in [3.8, 4) is 5.75 Å². The van der Waals surface area contributed by atoms with Crippen LogP contribution in [0, 0.1) is 0 Å². The summed E-state index contributed by atoms with van der Waals surface area (Å²) in [4.78, 5) is 0. The fourth-order valence-electron chi connectivity index (χ4n) is 2.08. The largest absolute Gasteiger partial charge is 0.487 e. The Morgan fingerprint density at radius 2 is 2.05 bits per heavy atom. The smallest absolute Gasteiger partial charge is 0.132 e. The maximum Gasteiger partial charge on any atom is 0.132 e. The van der Waals surface area contributed by atoms with Crippen LogP contribution in [-0.2, 0) is 6.61 Å². The summed E-state index contributed by atoms with van der Waals surface area (Å²) in [5, 5.41) is 4.55. The maximum atomic E-state index is 5.71. The van der Waals surface area contributed by atoms with Crippen LogP contribution in [0.3, 0.4) is 0 Å². The van der Waals surface area contributed by atoms with Crippen molar-refractivity contribution in [1.82, 2.24) is 9.78 Å². The SMILES string of the molecule is CCC(CC)n1ccc(COc2cccc(N)c2)n1. The van der Waals surface area contributed by atoms with Crippen LogP contribution < -0.4 is 10.5 Å². The number of hydrogen-bond acceptors (Lipinski definition) is 3. The van der Waals surface area contributed by atoms with Crippen LogP contribution in [0.5, 0.6) is 5.75 Å². The van der Waals surface area contributed by atoms with E-state index in [0.717, 1.165) is 24.3 Å². The van der Waals surface area contributed by atoms with Crippen LogP contribution in [0.2, 0.25) is 0 Å². The molecule has 2 N–H and O–H groups in total. The van der Waals surface area contributed by atoms with Gasteiger partial charge in [0.15, 0.2) is 0 Å². The van der Waals surface area contributed by atoms with Crippen molar-refractivity contribution in [2.24, 2.45) is 0 Å². The van der Waals surface area contributed by atoms with Gasteiger partial charge in [-0.25, -0.2) is 0 Å². The molecule has 0 spiro atoms. The second kappa shape index (κ2) is 6.27. The number of hydrogen-bond donors (Lipinski definition) is 1. The molecule has 0 amide bonds. The Balaban J connectivity index is 1.97. The van der Waals surface area contributed by atoms with E-state index in [9.17, 15) is 0 Å². The Bertz CT molecular complexity index is 518. The zero-order chi connectivity index (χ0) is 13.7. The lowest BCUT2D eigenvalue weighted by molar-refractivity contribution is 0.297. The minimum Gasteiger partial charge on any atom is -0.487 e. The lowest BCUT2D eigenvalue weighted by atomic mass is 10.2. The average Bonchev–Trinajstić information content (AvgIpc) is 2.87. The molecule has 102 valence electrons. The molecule has 1 aromatic carbocycles. The highest BCUT2D eigenvalue weighted by Crippen LogP contribution is 2.17. The van der Waals surface area contributed by atoms with Crippen LogP contribution in [0.1, 0.15) is 38.4 Å². The number of nitrogens with two attached hydrogens (primary N) is 1. The van der Waals surface area contributed by atoms with E-state index in [4.69, 9.17) is 10.5 Å². The quantitative estimate of drug-likeness (QED) is 0.809. The van der Waals surface area contributed by atoms with E-state index in [1.165, 1.54) is 0 Å². The van der Waals surface area contributed by atoms with E-state index in [-0.39, 0.29) is 0 Å². The molecule has 4 heteroatoms. The monoisotopic (exact) mass is 259 g/mol. The summed E-state index contributed by atoms with van der Waals surface area (Å²) >= 11 is 0. The first-order chi connectivity index (χ1) is 9.22. The van der Waals surface area contributed by atoms with Crippen molar-refractivity contribution >= 4 is 5.69 Å². The van der Waals surface area contributed by atoms with E-state index in [0.29, 0.717) is 18.3 Å². The molecule has 1 aromatic heterocycles. The molecule has 0 atom stereocenters. The van der Waals surface area contributed by atoms with E-state index >= 15 is 0 Å². The summed E-state index contributed by atoms with van der Waals surface area (Å²) in [6, 6.07) is 9.92. The molecule has 2 rings (SSSR count). The lowest BCUT2D eigenvalue weighted by Gasteiger charge is -2.12. The first kappa shape index (κ1) is 13.5. The van der Waals surface area contributed by atoms with E-state index in [1.807, 2.05) is 41.2 Å². The average molecular weight is 259 g/mol. The molecule has 0 saturated heterocycles. The zero-order valence-corrected chi connectivity index (χ0v) is 11.5. The highest BCUT2D eigenvalue weighted by atomic mass is 16.5. The van der Waals surface area contributed by atoms with Gasteiger partial charge >= 0.3 is 0 Å². The van der Waals surface area contributed by atoms with Crippen molar-refractivity contribution in [2.75, 3.05) is 5.73 Å². The third-order valence-corrected chi connectivity index (χ3v) is 3.22. The maximum absolute atomic E-state index is 5.71. The van der Waals surface area contributed by atoms with E-state index in [2.05, 4.69) is 18.9 Å². The van der Waals surface area contributed by atoms with E-state index < -0.39 is 0 Å². The van der Waals surface area contributed by atoms with Crippen LogP contribution in [0.4, 0.5) is 5.69 Å². The Labute approximate surface area is 114 Å². The molecular formula is C15H21N3O. The molecule has 0 fully saturated rings. The number of ether oxygens (including phenoxy) is 1. The highest BCUT2D eigenvalue weighted by molar-refractivity contribution is 5.43. The van der Waals surface area contributed by atoms with Gasteiger partial charge in [0.1, 0.15) is 12.4 Å². The van der Waals surface area contributed by atoms with Gasteiger partial charge in [-0.1, -0.05) is 19.9 Å². The molecule has 0 aliphatic rings. The molecule has 0 radical (unpaired) electrons. The van der Waals surface area contributed by atoms with Crippen molar-refractivity contribution in [3.63, 3.8) is 0 Å². The molecule has 4 nitrogen and oxygen atoms in total. The Morgan fingerprint density at radius 3 is 2.74 bits per heavy atom.